The number of carboxylic acids is 1. The zero-order valence-electron chi connectivity index (χ0n) is 8.21. The number of ketones is 1. The molecule has 0 aromatic rings. The van der Waals surface area contributed by atoms with Gasteiger partial charge in [-0.2, -0.15) is 0 Å². The summed E-state index contributed by atoms with van der Waals surface area (Å²) in [5.41, 5.74) is 0. The van der Waals surface area contributed by atoms with Gasteiger partial charge in [0, 0.05) is 19.3 Å². The highest BCUT2D eigenvalue weighted by atomic mass is 16.4. The van der Waals surface area contributed by atoms with Gasteiger partial charge in [0.25, 0.3) is 0 Å². The van der Waals surface area contributed by atoms with Gasteiger partial charge in [-0.3, -0.25) is 9.59 Å². The van der Waals surface area contributed by atoms with E-state index in [0.717, 1.165) is 19.3 Å². The third kappa shape index (κ3) is 9.05. The van der Waals surface area contributed by atoms with Gasteiger partial charge >= 0.3 is 5.97 Å². The number of carboxylic acid groups (broad SMARTS) is 1. The zero-order chi connectivity index (χ0) is 10.1. The number of carbonyl (C=O) groups is 2. The highest BCUT2D eigenvalue weighted by Crippen LogP contribution is 2.05. The summed E-state index contributed by atoms with van der Waals surface area (Å²) >= 11 is 0. The quantitative estimate of drug-likeness (QED) is 0.592. The van der Waals surface area contributed by atoms with Crippen molar-refractivity contribution in [2.75, 3.05) is 0 Å². The SMILES string of the molecule is CCCCC(=O)CCCCC(=O)O. The van der Waals surface area contributed by atoms with Gasteiger partial charge in [-0.15, -0.1) is 0 Å². The molecule has 0 aromatic heterocycles. The second kappa shape index (κ2) is 7.77. The first-order valence-electron chi connectivity index (χ1n) is 4.90. The third-order valence-electron chi connectivity index (χ3n) is 1.91. The third-order valence-corrected chi connectivity index (χ3v) is 1.91. The number of carbonyl (C=O) groups excluding carboxylic acids is 1. The molecular weight excluding hydrogens is 168 g/mol. The van der Waals surface area contributed by atoms with Crippen LogP contribution in [0.2, 0.25) is 0 Å². The van der Waals surface area contributed by atoms with Crippen molar-refractivity contribution in [2.24, 2.45) is 0 Å². The first kappa shape index (κ1) is 12.1. The molecule has 0 atom stereocenters. The Balaban J connectivity index is 3.22. The molecule has 0 aliphatic heterocycles. The van der Waals surface area contributed by atoms with Crippen molar-refractivity contribution in [3.8, 4) is 0 Å². The van der Waals surface area contributed by atoms with Crippen molar-refractivity contribution in [1.29, 1.82) is 0 Å². The molecular formula is C10H18O3. The predicted molar refractivity (Wildman–Crippen MR) is 50.6 cm³/mol. The lowest BCUT2D eigenvalue weighted by molar-refractivity contribution is -0.137. The Morgan fingerprint density at radius 1 is 1.00 bits per heavy atom. The van der Waals surface area contributed by atoms with E-state index in [9.17, 15) is 9.59 Å². The summed E-state index contributed by atoms with van der Waals surface area (Å²) in [4.78, 5) is 21.2. The average Bonchev–Trinajstić information content (AvgIpc) is 2.08. The van der Waals surface area contributed by atoms with Crippen molar-refractivity contribution < 1.29 is 14.7 Å². The van der Waals surface area contributed by atoms with Crippen molar-refractivity contribution in [3.05, 3.63) is 0 Å². The fraction of sp³-hybridized carbons (Fsp3) is 0.800. The average molecular weight is 186 g/mol. The first-order chi connectivity index (χ1) is 6.16. The van der Waals surface area contributed by atoms with Gasteiger partial charge in [0.1, 0.15) is 5.78 Å². The number of hydrogen-bond donors (Lipinski definition) is 1. The topological polar surface area (TPSA) is 54.4 Å². The van der Waals surface area contributed by atoms with Gasteiger partial charge < -0.3 is 5.11 Å². The van der Waals surface area contributed by atoms with Crippen LogP contribution in [0, 0.1) is 0 Å². The number of unbranched alkanes of at least 4 members (excludes halogenated alkanes) is 2. The predicted octanol–water partition coefficient (Wildman–Crippen LogP) is 2.39. The largest absolute Gasteiger partial charge is 0.481 e. The van der Waals surface area contributed by atoms with Crippen LogP contribution in [0.4, 0.5) is 0 Å². The maximum atomic E-state index is 11.1. The van der Waals surface area contributed by atoms with Gasteiger partial charge in [-0.05, 0) is 19.3 Å². The molecule has 0 saturated carbocycles. The van der Waals surface area contributed by atoms with Crippen LogP contribution < -0.4 is 0 Å². The molecule has 0 aliphatic carbocycles. The van der Waals surface area contributed by atoms with Gasteiger partial charge in [0.05, 0.1) is 0 Å². The first-order valence-corrected chi connectivity index (χ1v) is 4.90. The molecule has 0 amide bonds. The molecule has 0 saturated heterocycles. The number of hydrogen-bond acceptors (Lipinski definition) is 2. The molecule has 3 nitrogen and oxygen atoms in total. The smallest absolute Gasteiger partial charge is 0.303 e. The van der Waals surface area contributed by atoms with Gasteiger partial charge in [0.2, 0.25) is 0 Å². The summed E-state index contributed by atoms with van der Waals surface area (Å²) < 4.78 is 0. The van der Waals surface area contributed by atoms with E-state index in [4.69, 9.17) is 5.11 Å². The highest BCUT2D eigenvalue weighted by Gasteiger charge is 2.02. The number of aliphatic carboxylic acids is 1. The summed E-state index contributed by atoms with van der Waals surface area (Å²) in [6.45, 7) is 2.05. The molecule has 0 radical (unpaired) electrons. The molecule has 13 heavy (non-hydrogen) atoms. The maximum Gasteiger partial charge on any atom is 0.303 e. The fourth-order valence-electron chi connectivity index (χ4n) is 1.10. The van der Waals surface area contributed by atoms with Crippen LogP contribution in [0.1, 0.15) is 51.9 Å². The molecule has 76 valence electrons. The molecule has 0 aromatic carbocycles. The second-order valence-corrected chi connectivity index (χ2v) is 3.24. The number of Topliss-reactive ketones (excluding diaryl/α,β-unsaturated/α-hetero) is 1. The Bertz CT molecular complexity index is 164. The molecule has 0 rings (SSSR count). The Kier molecular flexibility index (Phi) is 7.26. The van der Waals surface area contributed by atoms with Crippen molar-refractivity contribution in [3.63, 3.8) is 0 Å². The normalized spacial score (nSPS) is 9.92. The van der Waals surface area contributed by atoms with Crippen LogP contribution in [0.15, 0.2) is 0 Å². The van der Waals surface area contributed by atoms with E-state index in [1.54, 1.807) is 0 Å². The Hall–Kier alpha value is -0.860. The van der Waals surface area contributed by atoms with E-state index in [-0.39, 0.29) is 12.2 Å². The van der Waals surface area contributed by atoms with Crippen LogP contribution in [-0.4, -0.2) is 16.9 Å². The molecule has 0 spiro atoms. The summed E-state index contributed by atoms with van der Waals surface area (Å²) in [6, 6.07) is 0. The molecule has 0 aliphatic rings. The molecule has 0 fully saturated rings. The lowest BCUT2D eigenvalue weighted by Crippen LogP contribution is -1.99. The molecule has 3 heteroatoms. The van der Waals surface area contributed by atoms with Crippen LogP contribution in [0.25, 0.3) is 0 Å². The standard InChI is InChI=1S/C10H18O3/c1-2-3-6-9(11)7-4-5-8-10(12)13/h2-8H2,1H3,(H,12,13). The minimum Gasteiger partial charge on any atom is -0.481 e. The summed E-state index contributed by atoms with van der Waals surface area (Å²) in [7, 11) is 0. The van der Waals surface area contributed by atoms with Crippen LogP contribution >= 0.6 is 0 Å². The highest BCUT2D eigenvalue weighted by molar-refractivity contribution is 5.78. The van der Waals surface area contributed by atoms with E-state index < -0.39 is 5.97 Å². The van der Waals surface area contributed by atoms with Crippen LogP contribution in [0.3, 0.4) is 0 Å². The lowest BCUT2D eigenvalue weighted by atomic mass is 10.1. The lowest BCUT2D eigenvalue weighted by Gasteiger charge is -1.98. The van der Waals surface area contributed by atoms with E-state index in [1.807, 2.05) is 0 Å². The second-order valence-electron chi connectivity index (χ2n) is 3.24. The summed E-state index contributed by atoms with van der Waals surface area (Å²) in [5.74, 6) is -0.506. The molecule has 0 unspecified atom stereocenters. The summed E-state index contributed by atoms with van der Waals surface area (Å²) in [6.07, 6.45) is 4.72. The van der Waals surface area contributed by atoms with Gasteiger partial charge in [-0.1, -0.05) is 13.3 Å². The van der Waals surface area contributed by atoms with Crippen molar-refractivity contribution >= 4 is 11.8 Å². The molecule has 0 heterocycles. The Labute approximate surface area is 79.1 Å². The Morgan fingerprint density at radius 2 is 1.54 bits per heavy atom. The molecule has 1 N–H and O–H groups in total. The van der Waals surface area contributed by atoms with E-state index >= 15 is 0 Å². The number of rotatable bonds is 8. The van der Waals surface area contributed by atoms with Crippen molar-refractivity contribution in [1.82, 2.24) is 0 Å². The minimum atomic E-state index is -0.777. The van der Waals surface area contributed by atoms with E-state index in [2.05, 4.69) is 6.92 Å². The fourth-order valence-corrected chi connectivity index (χ4v) is 1.10. The van der Waals surface area contributed by atoms with Crippen molar-refractivity contribution in [2.45, 2.75) is 51.9 Å². The van der Waals surface area contributed by atoms with Crippen LogP contribution in [0.5, 0.6) is 0 Å². The molecule has 0 bridgehead atoms. The Morgan fingerprint density at radius 3 is 2.08 bits per heavy atom. The monoisotopic (exact) mass is 186 g/mol. The summed E-state index contributed by atoms with van der Waals surface area (Å²) in [5, 5.41) is 8.34. The maximum absolute atomic E-state index is 11.1. The zero-order valence-corrected chi connectivity index (χ0v) is 8.21. The van der Waals surface area contributed by atoms with Gasteiger partial charge in [-0.25, -0.2) is 0 Å². The van der Waals surface area contributed by atoms with E-state index in [1.165, 1.54) is 0 Å². The van der Waals surface area contributed by atoms with Gasteiger partial charge in [0.15, 0.2) is 0 Å². The van der Waals surface area contributed by atoms with Crippen LogP contribution in [-0.2, 0) is 9.59 Å². The van der Waals surface area contributed by atoms with E-state index in [0.29, 0.717) is 19.3 Å². The minimum absolute atomic E-state index is 0.182.